The molecular weight excluding hydrogens is 182 g/mol. The van der Waals surface area contributed by atoms with E-state index in [-0.39, 0.29) is 10.6 Å². The fourth-order valence-electron chi connectivity index (χ4n) is 0.668. The maximum atomic E-state index is 11.0. The number of nitro groups is 1. The van der Waals surface area contributed by atoms with Gasteiger partial charge in [-0.3, -0.25) is 10.1 Å². The summed E-state index contributed by atoms with van der Waals surface area (Å²) >= 11 is 0. The number of nitriles is 1. The topological polar surface area (TPSA) is 110 Å². The molecule has 6 nitrogen and oxygen atoms in total. The Morgan fingerprint density at radius 3 is 2.58 bits per heavy atom. The number of hydrogen-bond donors (Lipinski definition) is 1. The Labute approximate surface area is 69.6 Å². The third-order valence-corrected chi connectivity index (χ3v) is 2.49. The molecule has 0 saturated carbocycles. The van der Waals surface area contributed by atoms with Gasteiger partial charge in [0.05, 0.1) is 10.5 Å². The summed E-state index contributed by atoms with van der Waals surface area (Å²) in [6, 6.07) is 1.61. The molecule has 1 unspecified atom stereocenters. The van der Waals surface area contributed by atoms with Crippen molar-refractivity contribution < 1.29 is 9.13 Å². The van der Waals surface area contributed by atoms with Gasteiger partial charge in [-0.15, -0.1) is 0 Å². The van der Waals surface area contributed by atoms with Crippen molar-refractivity contribution >= 4 is 10.8 Å². The summed E-state index contributed by atoms with van der Waals surface area (Å²) in [5, 5.41) is 17.8. The van der Waals surface area contributed by atoms with E-state index in [1.807, 2.05) is 0 Å². The first kappa shape index (κ1) is 8.42. The standard InChI is InChI=1S/C5H3N3O3S/c6-2-3-1-4(8(9)10)12(11)5(3)7/h1H,7H2. The molecule has 1 aliphatic rings. The van der Waals surface area contributed by atoms with Crippen LogP contribution in [-0.4, -0.2) is 9.13 Å². The molecule has 1 atom stereocenters. The minimum atomic E-state index is -1.97. The van der Waals surface area contributed by atoms with E-state index in [2.05, 4.69) is 0 Å². The van der Waals surface area contributed by atoms with Gasteiger partial charge in [0.25, 0.3) is 0 Å². The molecule has 0 aliphatic carbocycles. The third-order valence-electron chi connectivity index (χ3n) is 1.22. The fourth-order valence-corrected chi connectivity index (χ4v) is 1.56. The first-order valence-corrected chi connectivity index (χ1v) is 3.90. The molecule has 1 aliphatic heterocycles. The minimum absolute atomic E-state index is 0.0972. The molecule has 7 heteroatoms. The van der Waals surface area contributed by atoms with Crippen molar-refractivity contribution in [2.45, 2.75) is 0 Å². The molecule has 62 valence electrons. The van der Waals surface area contributed by atoms with Gasteiger partial charge in [-0.2, -0.15) is 5.26 Å². The monoisotopic (exact) mass is 185 g/mol. The van der Waals surface area contributed by atoms with Crippen molar-refractivity contribution in [3.05, 3.63) is 31.8 Å². The van der Waals surface area contributed by atoms with E-state index >= 15 is 0 Å². The van der Waals surface area contributed by atoms with Gasteiger partial charge >= 0.3 is 5.03 Å². The smallest absolute Gasteiger partial charge is 0.340 e. The van der Waals surface area contributed by atoms with E-state index in [0.29, 0.717) is 0 Å². The summed E-state index contributed by atoms with van der Waals surface area (Å²) in [5.41, 5.74) is 5.06. The molecule has 0 radical (unpaired) electrons. The van der Waals surface area contributed by atoms with Crippen LogP contribution in [0, 0.1) is 21.4 Å². The molecule has 0 aromatic heterocycles. The van der Waals surface area contributed by atoms with Crippen LogP contribution in [0.2, 0.25) is 0 Å². The summed E-state index contributed by atoms with van der Waals surface area (Å²) in [6.45, 7) is 0. The predicted octanol–water partition coefficient (Wildman–Crippen LogP) is -0.439. The second-order valence-electron chi connectivity index (χ2n) is 1.90. The first-order chi connectivity index (χ1) is 5.57. The van der Waals surface area contributed by atoms with E-state index < -0.39 is 20.8 Å². The van der Waals surface area contributed by atoms with Gasteiger partial charge in [-0.1, -0.05) is 0 Å². The number of rotatable bonds is 1. The normalized spacial score (nSPS) is 21.9. The van der Waals surface area contributed by atoms with Crippen molar-refractivity contribution in [2.75, 3.05) is 0 Å². The SMILES string of the molecule is N#CC1=C(N)S(=O)C([N+](=O)[O-])=C1. The number of hydrogen-bond acceptors (Lipinski definition) is 5. The van der Waals surface area contributed by atoms with E-state index in [1.54, 1.807) is 6.07 Å². The Kier molecular flexibility index (Phi) is 1.93. The summed E-state index contributed by atoms with van der Waals surface area (Å²) in [4.78, 5) is 9.36. The van der Waals surface area contributed by atoms with E-state index in [0.717, 1.165) is 6.08 Å². The summed E-state index contributed by atoms with van der Waals surface area (Å²) < 4.78 is 11.0. The molecule has 0 fully saturated rings. The number of nitrogens with zero attached hydrogens (tertiary/aromatic N) is 2. The molecule has 2 N–H and O–H groups in total. The van der Waals surface area contributed by atoms with Crippen LogP contribution in [-0.2, 0) is 10.8 Å². The summed E-state index contributed by atoms with van der Waals surface area (Å²) in [7, 11) is -1.97. The molecule has 0 spiro atoms. The highest BCUT2D eigenvalue weighted by atomic mass is 32.2. The minimum Gasteiger partial charge on any atom is -0.390 e. The van der Waals surface area contributed by atoms with E-state index in [9.17, 15) is 14.3 Å². The maximum Gasteiger partial charge on any atom is 0.340 e. The lowest BCUT2D eigenvalue weighted by molar-refractivity contribution is -0.410. The van der Waals surface area contributed by atoms with Crippen LogP contribution >= 0.6 is 0 Å². The molecule has 12 heavy (non-hydrogen) atoms. The molecule has 1 rings (SSSR count). The van der Waals surface area contributed by atoms with Crippen molar-refractivity contribution in [3.8, 4) is 6.07 Å². The molecule has 1 heterocycles. The quantitative estimate of drug-likeness (QED) is 0.439. The highest BCUT2D eigenvalue weighted by molar-refractivity contribution is 7.92. The van der Waals surface area contributed by atoms with Gasteiger partial charge in [-0.25, -0.2) is 4.21 Å². The van der Waals surface area contributed by atoms with Gasteiger partial charge in [0, 0.05) is 6.08 Å². The van der Waals surface area contributed by atoms with Gasteiger partial charge in [0.2, 0.25) is 0 Å². The highest BCUT2D eigenvalue weighted by Gasteiger charge is 2.31. The van der Waals surface area contributed by atoms with Crippen LogP contribution in [0.3, 0.4) is 0 Å². The number of allylic oxidation sites excluding steroid dienone is 2. The summed E-state index contributed by atoms with van der Waals surface area (Å²) in [5.74, 6) is 0. The van der Waals surface area contributed by atoms with Crippen molar-refractivity contribution in [1.82, 2.24) is 0 Å². The maximum absolute atomic E-state index is 11.0. The highest BCUT2D eigenvalue weighted by Crippen LogP contribution is 2.21. The Bertz CT molecular complexity index is 376. The molecule has 0 bridgehead atoms. The van der Waals surface area contributed by atoms with Gasteiger partial charge < -0.3 is 5.73 Å². The zero-order valence-corrected chi connectivity index (χ0v) is 6.50. The Balaban J connectivity index is 3.16. The fraction of sp³-hybridized carbons (Fsp3) is 0. The molecular formula is C5H3N3O3S. The number of nitrogens with two attached hydrogens (primary N) is 1. The van der Waals surface area contributed by atoms with E-state index in [1.165, 1.54) is 0 Å². The lowest BCUT2D eigenvalue weighted by atomic mass is 10.3. The molecule has 0 aromatic carbocycles. The Morgan fingerprint density at radius 1 is 1.75 bits per heavy atom. The average Bonchev–Trinajstić information content (AvgIpc) is 2.30. The molecule has 0 saturated heterocycles. The summed E-state index contributed by atoms with van der Waals surface area (Å²) in [6.07, 6.45) is 0.922. The van der Waals surface area contributed by atoms with Crippen molar-refractivity contribution in [3.63, 3.8) is 0 Å². The van der Waals surface area contributed by atoms with Gasteiger partial charge in [0.15, 0.2) is 10.8 Å². The third kappa shape index (κ3) is 1.08. The lowest BCUT2D eigenvalue weighted by Crippen LogP contribution is -2.08. The van der Waals surface area contributed by atoms with Gasteiger partial charge in [0.1, 0.15) is 11.1 Å². The lowest BCUT2D eigenvalue weighted by Gasteiger charge is -1.90. The average molecular weight is 185 g/mol. The zero-order valence-electron chi connectivity index (χ0n) is 5.68. The van der Waals surface area contributed by atoms with Crippen molar-refractivity contribution in [1.29, 1.82) is 5.26 Å². The predicted molar refractivity (Wildman–Crippen MR) is 40.0 cm³/mol. The van der Waals surface area contributed by atoms with Crippen LogP contribution in [0.15, 0.2) is 21.7 Å². The van der Waals surface area contributed by atoms with Crippen molar-refractivity contribution in [2.24, 2.45) is 5.73 Å². The second kappa shape index (κ2) is 2.75. The largest absolute Gasteiger partial charge is 0.390 e. The van der Waals surface area contributed by atoms with E-state index in [4.69, 9.17) is 11.0 Å². The van der Waals surface area contributed by atoms with Gasteiger partial charge in [-0.05, 0) is 0 Å². The molecule has 0 amide bonds. The van der Waals surface area contributed by atoms with Crippen LogP contribution in [0.5, 0.6) is 0 Å². The second-order valence-corrected chi connectivity index (χ2v) is 3.29. The zero-order chi connectivity index (χ0) is 9.30. The molecule has 0 aromatic rings. The van der Waals surface area contributed by atoms with Crippen LogP contribution in [0.1, 0.15) is 0 Å². The van der Waals surface area contributed by atoms with Crippen LogP contribution in [0.25, 0.3) is 0 Å². The first-order valence-electron chi connectivity index (χ1n) is 2.75. The van der Waals surface area contributed by atoms with Crippen LogP contribution < -0.4 is 5.73 Å². The van der Waals surface area contributed by atoms with Crippen LogP contribution in [0.4, 0.5) is 0 Å². The Morgan fingerprint density at radius 2 is 2.33 bits per heavy atom. The Hall–Kier alpha value is -1.68.